The molecule has 1 amide bonds. The number of anilines is 1. The van der Waals surface area contributed by atoms with Crippen LogP contribution in [-0.2, 0) is 9.53 Å². The van der Waals surface area contributed by atoms with E-state index in [-0.39, 0.29) is 5.91 Å². The lowest BCUT2D eigenvalue weighted by molar-refractivity contribution is -0.119. The Morgan fingerprint density at radius 2 is 2.24 bits per heavy atom. The summed E-state index contributed by atoms with van der Waals surface area (Å²) in [5.41, 5.74) is 8.95. The van der Waals surface area contributed by atoms with Crippen LogP contribution in [0.25, 0.3) is 0 Å². The van der Waals surface area contributed by atoms with Crippen molar-refractivity contribution >= 4 is 11.6 Å². The summed E-state index contributed by atoms with van der Waals surface area (Å²) in [5, 5.41) is 0. The summed E-state index contributed by atoms with van der Waals surface area (Å²) >= 11 is 0. The number of carbonyl (C=O) groups is 1. The van der Waals surface area contributed by atoms with Crippen molar-refractivity contribution in [3.8, 4) is 0 Å². The van der Waals surface area contributed by atoms with Crippen molar-refractivity contribution in [1.82, 2.24) is 0 Å². The Morgan fingerprint density at radius 1 is 1.47 bits per heavy atom. The van der Waals surface area contributed by atoms with Crippen molar-refractivity contribution in [2.45, 2.75) is 19.4 Å². The summed E-state index contributed by atoms with van der Waals surface area (Å²) in [6.07, 6.45) is 0.822. The second kappa shape index (κ2) is 4.85. The quantitative estimate of drug-likeness (QED) is 0.801. The Kier molecular flexibility index (Phi) is 3.45. The van der Waals surface area contributed by atoms with Crippen molar-refractivity contribution in [2.75, 3.05) is 25.2 Å². The normalized spacial score (nSPS) is 18.6. The Morgan fingerprint density at radius 3 is 2.94 bits per heavy atom. The molecule has 0 bridgehead atoms. The van der Waals surface area contributed by atoms with Gasteiger partial charge in [-0.15, -0.1) is 0 Å². The monoisotopic (exact) mass is 234 g/mol. The van der Waals surface area contributed by atoms with Gasteiger partial charge in [0.25, 0.3) is 0 Å². The summed E-state index contributed by atoms with van der Waals surface area (Å²) in [5.74, 6) is -0.0123. The number of nitrogens with zero attached hydrogens (tertiary/aromatic N) is 1. The van der Waals surface area contributed by atoms with Gasteiger partial charge in [-0.2, -0.15) is 0 Å². The summed E-state index contributed by atoms with van der Waals surface area (Å²) in [7, 11) is 1.66. The van der Waals surface area contributed by atoms with Gasteiger partial charge in [0.05, 0.1) is 0 Å². The number of amides is 1. The third kappa shape index (κ3) is 2.18. The predicted molar refractivity (Wildman–Crippen MR) is 67.0 cm³/mol. The molecular weight excluding hydrogens is 216 g/mol. The molecule has 1 atom stereocenters. The molecule has 2 rings (SSSR count). The van der Waals surface area contributed by atoms with E-state index < -0.39 is 6.04 Å². The van der Waals surface area contributed by atoms with Crippen LogP contribution in [-0.4, -0.2) is 26.2 Å². The highest BCUT2D eigenvalue weighted by Gasteiger charge is 2.34. The second-order valence-electron chi connectivity index (χ2n) is 4.38. The number of benzene rings is 1. The van der Waals surface area contributed by atoms with Gasteiger partial charge in [-0.05, 0) is 19.4 Å². The molecule has 1 aromatic rings. The molecule has 0 radical (unpaired) electrons. The number of hydrogen-bond acceptors (Lipinski definition) is 3. The first-order valence-corrected chi connectivity index (χ1v) is 5.81. The first-order valence-electron chi connectivity index (χ1n) is 5.81. The van der Waals surface area contributed by atoms with Gasteiger partial charge in [-0.3, -0.25) is 4.79 Å². The van der Waals surface area contributed by atoms with Gasteiger partial charge in [0.15, 0.2) is 0 Å². The zero-order chi connectivity index (χ0) is 12.4. The topological polar surface area (TPSA) is 55.6 Å². The van der Waals surface area contributed by atoms with Crippen LogP contribution < -0.4 is 10.6 Å². The number of ether oxygens (including phenoxy) is 1. The number of methoxy groups -OCH3 is 1. The van der Waals surface area contributed by atoms with Gasteiger partial charge in [-0.1, -0.05) is 17.7 Å². The van der Waals surface area contributed by atoms with Crippen molar-refractivity contribution in [3.05, 3.63) is 29.3 Å². The van der Waals surface area contributed by atoms with Crippen molar-refractivity contribution in [3.63, 3.8) is 0 Å². The van der Waals surface area contributed by atoms with Crippen molar-refractivity contribution < 1.29 is 9.53 Å². The molecule has 4 heteroatoms. The molecule has 1 aromatic carbocycles. The summed E-state index contributed by atoms with van der Waals surface area (Å²) in [6, 6.07) is 5.47. The van der Waals surface area contributed by atoms with E-state index in [4.69, 9.17) is 10.5 Å². The van der Waals surface area contributed by atoms with E-state index in [9.17, 15) is 4.79 Å². The predicted octanol–water partition coefficient (Wildman–Crippen LogP) is 1.38. The van der Waals surface area contributed by atoms with E-state index in [0.717, 1.165) is 23.2 Å². The molecule has 0 spiro atoms. The van der Waals surface area contributed by atoms with E-state index in [1.54, 1.807) is 12.0 Å². The zero-order valence-electron chi connectivity index (χ0n) is 10.3. The fourth-order valence-corrected chi connectivity index (χ4v) is 2.19. The Balaban J connectivity index is 2.22. The fraction of sp³-hybridized carbons (Fsp3) is 0.462. The molecule has 17 heavy (non-hydrogen) atoms. The minimum atomic E-state index is -0.507. The summed E-state index contributed by atoms with van der Waals surface area (Å²) < 4.78 is 5.00. The number of aryl methyl sites for hydroxylation is 1. The summed E-state index contributed by atoms with van der Waals surface area (Å²) in [6.45, 7) is 3.32. The number of carbonyl (C=O) groups excluding carboxylic acids is 1. The van der Waals surface area contributed by atoms with E-state index >= 15 is 0 Å². The minimum absolute atomic E-state index is 0.0123. The van der Waals surface area contributed by atoms with Gasteiger partial charge in [0, 0.05) is 31.5 Å². The smallest absolute Gasteiger partial charge is 0.248 e. The minimum Gasteiger partial charge on any atom is -0.385 e. The average Bonchev–Trinajstić information content (AvgIpc) is 2.54. The van der Waals surface area contributed by atoms with Crippen molar-refractivity contribution in [1.29, 1.82) is 0 Å². The SMILES string of the molecule is COCCCN1C(=O)C(N)c2cc(C)ccc21. The first-order chi connectivity index (χ1) is 8.15. The maximum Gasteiger partial charge on any atom is 0.248 e. The number of hydrogen-bond donors (Lipinski definition) is 1. The van der Waals surface area contributed by atoms with Crippen LogP contribution in [0.2, 0.25) is 0 Å². The highest BCUT2D eigenvalue weighted by molar-refractivity contribution is 6.04. The molecule has 1 heterocycles. The molecule has 0 fully saturated rings. The molecule has 0 saturated carbocycles. The van der Waals surface area contributed by atoms with Crippen LogP contribution in [0, 0.1) is 6.92 Å². The van der Waals surface area contributed by atoms with E-state index in [2.05, 4.69) is 0 Å². The van der Waals surface area contributed by atoms with Gasteiger partial charge in [-0.25, -0.2) is 0 Å². The molecule has 2 N–H and O–H groups in total. The number of rotatable bonds is 4. The molecule has 0 aliphatic carbocycles. The van der Waals surface area contributed by atoms with Crippen LogP contribution in [0.5, 0.6) is 0 Å². The lowest BCUT2D eigenvalue weighted by Crippen LogP contribution is -2.32. The molecule has 1 unspecified atom stereocenters. The fourth-order valence-electron chi connectivity index (χ4n) is 2.19. The molecule has 1 aliphatic rings. The average molecular weight is 234 g/mol. The molecule has 1 aliphatic heterocycles. The molecule has 92 valence electrons. The van der Waals surface area contributed by atoms with Crippen LogP contribution in [0.3, 0.4) is 0 Å². The molecule has 0 saturated heterocycles. The van der Waals surface area contributed by atoms with Gasteiger partial charge in [0.2, 0.25) is 5.91 Å². The maximum atomic E-state index is 12.0. The third-order valence-electron chi connectivity index (χ3n) is 3.07. The second-order valence-corrected chi connectivity index (χ2v) is 4.38. The van der Waals surface area contributed by atoms with Crippen LogP contribution in [0.15, 0.2) is 18.2 Å². The van der Waals surface area contributed by atoms with Gasteiger partial charge >= 0.3 is 0 Å². The molecule has 0 aromatic heterocycles. The highest BCUT2D eigenvalue weighted by Crippen LogP contribution is 2.34. The lowest BCUT2D eigenvalue weighted by atomic mass is 10.1. The maximum absolute atomic E-state index is 12.0. The first kappa shape index (κ1) is 12.1. The Bertz CT molecular complexity index is 431. The van der Waals surface area contributed by atoms with Crippen LogP contribution >= 0.6 is 0 Å². The number of fused-ring (bicyclic) bond motifs is 1. The van der Waals surface area contributed by atoms with E-state index in [1.165, 1.54) is 0 Å². The number of nitrogens with two attached hydrogens (primary N) is 1. The summed E-state index contributed by atoms with van der Waals surface area (Å²) in [4.78, 5) is 13.8. The van der Waals surface area contributed by atoms with Gasteiger partial charge in [0.1, 0.15) is 6.04 Å². The van der Waals surface area contributed by atoms with Crippen LogP contribution in [0.4, 0.5) is 5.69 Å². The standard InChI is InChI=1S/C13H18N2O2/c1-9-4-5-11-10(8-9)12(14)13(16)15(11)6-3-7-17-2/h4-5,8,12H,3,6-7,14H2,1-2H3. The Labute approximate surface area is 101 Å². The van der Waals surface area contributed by atoms with Gasteiger partial charge < -0.3 is 15.4 Å². The largest absolute Gasteiger partial charge is 0.385 e. The third-order valence-corrected chi connectivity index (χ3v) is 3.07. The zero-order valence-corrected chi connectivity index (χ0v) is 10.3. The van der Waals surface area contributed by atoms with E-state index in [0.29, 0.717) is 13.2 Å². The Hall–Kier alpha value is -1.39. The lowest BCUT2D eigenvalue weighted by Gasteiger charge is -2.17. The van der Waals surface area contributed by atoms with E-state index in [1.807, 2.05) is 25.1 Å². The highest BCUT2D eigenvalue weighted by atomic mass is 16.5. The van der Waals surface area contributed by atoms with Crippen LogP contribution in [0.1, 0.15) is 23.6 Å². The van der Waals surface area contributed by atoms with Crippen molar-refractivity contribution in [2.24, 2.45) is 5.73 Å². The molecule has 4 nitrogen and oxygen atoms in total. The molecular formula is C13H18N2O2.